The summed E-state index contributed by atoms with van der Waals surface area (Å²) in [6.07, 6.45) is 1.93. The highest BCUT2D eigenvalue weighted by molar-refractivity contribution is 5.78. The summed E-state index contributed by atoms with van der Waals surface area (Å²) < 4.78 is 5.86. The fraction of sp³-hybridized carbons (Fsp3) is 0.389. The molecule has 132 valence electrons. The van der Waals surface area contributed by atoms with Crippen LogP contribution in [0, 0.1) is 6.92 Å². The maximum Gasteiger partial charge on any atom is 0.228 e. The molecule has 2 aromatic heterocycles. The number of carbonyl (C=O) groups excluding carboxylic acids is 1. The Bertz CT molecular complexity index is 757. The van der Waals surface area contributed by atoms with Crippen LogP contribution in [0.5, 0.6) is 11.5 Å². The van der Waals surface area contributed by atoms with Crippen LogP contribution in [-0.2, 0) is 11.2 Å². The first-order valence-electron chi connectivity index (χ1n) is 8.33. The molecule has 1 saturated heterocycles. The van der Waals surface area contributed by atoms with Gasteiger partial charge in [-0.2, -0.15) is 0 Å². The maximum atomic E-state index is 12.4. The molecular weight excluding hydrogens is 318 g/mol. The summed E-state index contributed by atoms with van der Waals surface area (Å²) in [5, 5.41) is 0. The van der Waals surface area contributed by atoms with Crippen molar-refractivity contribution < 1.29 is 9.53 Å². The molecule has 0 radical (unpaired) electrons. The molecule has 0 saturated carbocycles. The van der Waals surface area contributed by atoms with E-state index in [2.05, 4.69) is 21.9 Å². The minimum Gasteiger partial charge on any atom is -0.455 e. The van der Waals surface area contributed by atoms with Gasteiger partial charge in [0.25, 0.3) is 0 Å². The molecular formula is C18H23N5O2. The van der Waals surface area contributed by atoms with Crippen molar-refractivity contribution in [2.75, 3.05) is 39.0 Å². The Morgan fingerprint density at radius 2 is 2.00 bits per heavy atom. The molecule has 1 fully saturated rings. The summed E-state index contributed by atoms with van der Waals surface area (Å²) in [6, 6.07) is 7.04. The number of nitrogens with two attached hydrogens (primary N) is 1. The number of anilines is 1. The molecule has 3 rings (SSSR count). The zero-order chi connectivity index (χ0) is 17.8. The molecule has 0 aliphatic carbocycles. The van der Waals surface area contributed by atoms with Gasteiger partial charge in [0.1, 0.15) is 17.3 Å². The highest BCUT2D eigenvalue weighted by atomic mass is 16.5. The lowest BCUT2D eigenvalue weighted by Gasteiger charge is -2.32. The largest absolute Gasteiger partial charge is 0.455 e. The molecule has 1 amide bonds. The number of aromatic nitrogens is 2. The van der Waals surface area contributed by atoms with E-state index in [1.807, 2.05) is 11.8 Å². The first kappa shape index (κ1) is 17.2. The predicted octanol–water partition coefficient (Wildman–Crippen LogP) is 1.48. The molecule has 0 spiro atoms. The van der Waals surface area contributed by atoms with Crippen molar-refractivity contribution in [2.45, 2.75) is 13.3 Å². The Morgan fingerprint density at radius 1 is 1.24 bits per heavy atom. The Balaban J connectivity index is 1.66. The molecule has 25 heavy (non-hydrogen) atoms. The van der Waals surface area contributed by atoms with Crippen LogP contribution in [0.3, 0.4) is 0 Å². The summed E-state index contributed by atoms with van der Waals surface area (Å²) in [6.45, 7) is 5.19. The minimum atomic E-state index is 0.100. The Morgan fingerprint density at radius 3 is 2.72 bits per heavy atom. The number of pyridine rings is 2. The topological polar surface area (TPSA) is 84.6 Å². The molecule has 0 bridgehead atoms. The van der Waals surface area contributed by atoms with E-state index in [0.717, 1.165) is 26.2 Å². The van der Waals surface area contributed by atoms with E-state index < -0.39 is 0 Å². The van der Waals surface area contributed by atoms with Crippen molar-refractivity contribution in [3.8, 4) is 11.5 Å². The Labute approximate surface area is 147 Å². The molecule has 7 heteroatoms. The Hall–Kier alpha value is -2.67. The van der Waals surface area contributed by atoms with Gasteiger partial charge in [-0.25, -0.2) is 4.98 Å². The van der Waals surface area contributed by atoms with Crippen LogP contribution in [0.4, 0.5) is 5.82 Å². The van der Waals surface area contributed by atoms with Crippen molar-refractivity contribution >= 4 is 11.7 Å². The fourth-order valence-corrected chi connectivity index (χ4v) is 2.74. The molecule has 2 aromatic rings. The molecule has 2 N–H and O–H groups in total. The number of aryl methyl sites for hydroxylation is 1. The van der Waals surface area contributed by atoms with Gasteiger partial charge >= 0.3 is 0 Å². The minimum absolute atomic E-state index is 0.100. The highest BCUT2D eigenvalue weighted by Crippen LogP contribution is 2.24. The average Bonchev–Trinajstić information content (AvgIpc) is 2.58. The second kappa shape index (κ2) is 7.48. The molecule has 1 aliphatic heterocycles. The van der Waals surface area contributed by atoms with Gasteiger partial charge in [-0.15, -0.1) is 0 Å². The van der Waals surface area contributed by atoms with Gasteiger partial charge in [-0.05, 0) is 32.2 Å². The summed E-state index contributed by atoms with van der Waals surface area (Å²) in [5.41, 5.74) is 7.07. The van der Waals surface area contributed by atoms with E-state index in [4.69, 9.17) is 10.5 Å². The van der Waals surface area contributed by atoms with Crippen molar-refractivity contribution in [1.82, 2.24) is 19.8 Å². The van der Waals surface area contributed by atoms with Crippen LogP contribution in [-0.4, -0.2) is 58.9 Å². The number of rotatable bonds is 4. The van der Waals surface area contributed by atoms with Crippen LogP contribution >= 0.6 is 0 Å². The fourth-order valence-electron chi connectivity index (χ4n) is 2.74. The predicted molar refractivity (Wildman–Crippen MR) is 95.5 cm³/mol. The first-order valence-corrected chi connectivity index (χ1v) is 8.33. The first-order chi connectivity index (χ1) is 12.0. The number of hydrogen-bond acceptors (Lipinski definition) is 6. The number of hydrogen-bond donors (Lipinski definition) is 1. The van der Waals surface area contributed by atoms with Gasteiger partial charge in [0, 0.05) is 38.4 Å². The molecule has 7 nitrogen and oxygen atoms in total. The summed E-state index contributed by atoms with van der Waals surface area (Å²) in [5.74, 6) is 1.82. The maximum absolute atomic E-state index is 12.4. The van der Waals surface area contributed by atoms with E-state index in [1.165, 1.54) is 0 Å². The lowest BCUT2D eigenvalue weighted by molar-refractivity contribution is -0.132. The average molecular weight is 341 g/mol. The third kappa shape index (κ3) is 4.45. The zero-order valence-electron chi connectivity index (χ0n) is 14.6. The third-order valence-corrected chi connectivity index (χ3v) is 4.26. The van der Waals surface area contributed by atoms with Crippen molar-refractivity contribution in [3.63, 3.8) is 0 Å². The summed E-state index contributed by atoms with van der Waals surface area (Å²) >= 11 is 0. The molecule has 0 aromatic carbocycles. The normalized spacial score (nSPS) is 15.2. The number of piperazine rings is 1. The number of nitrogen functional groups attached to an aromatic ring is 1. The van der Waals surface area contributed by atoms with Crippen LogP contribution in [0.25, 0.3) is 0 Å². The van der Waals surface area contributed by atoms with E-state index in [1.54, 1.807) is 30.5 Å². The second-order valence-corrected chi connectivity index (χ2v) is 6.27. The van der Waals surface area contributed by atoms with E-state index >= 15 is 0 Å². The third-order valence-electron chi connectivity index (χ3n) is 4.26. The van der Waals surface area contributed by atoms with Crippen molar-refractivity contribution in [1.29, 1.82) is 0 Å². The highest BCUT2D eigenvalue weighted by Gasteiger charge is 2.19. The molecule has 0 unspecified atom stereocenters. The van der Waals surface area contributed by atoms with Gasteiger partial charge in [0.2, 0.25) is 5.91 Å². The quantitative estimate of drug-likeness (QED) is 0.907. The van der Waals surface area contributed by atoms with Crippen LogP contribution in [0.15, 0.2) is 30.5 Å². The monoisotopic (exact) mass is 341 g/mol. The van der Waals surface area contributed by atoms with Crippen molar-refractivity contribution in [3.05, 3.63) is 41.9 Å². The number of carbonyl (C=O) groups is 1. The van der Waals surface area contributed by atoms with Gasteiger partial charge in [-0.3, -0.25) is 9.78 Å². The van der Waals surface area contributed by atoms with Gasteiger partial charge in [0.05, 0.1) is 17.8 Å². The lowest BCUT2D eigenvalue weighted by Crippen LogP contribution is -2.47. The van der Waals surface area contributed by atoms with Crippen LogP contribution in [0.1, 0.15) is 11.4 Å². The number of ether oxygens (including phenoxy) is 1. The molecule has 1 aliphatic rings. The van der Waals surface area contributed by atoms with Gasteiger partial charge < -0.3 is 20.3 Å². The lowest BCUT2D eigenvalue weighted by atomic mass is 10.2. The smallest absolute Gasteiger partial charge is 0.228 e. The van der Waals surface area contributed by atoms with Gasteiger partial charge in [-0.1, -0.05) is 0 Å². The van der Waals surface area contributed by atoms with E-state index in [0.29, 0.717) is 28.7 Å². The molecule has 3 heterocycles. The number of nitrogens with zero attached hydrogens (tertiary/aromatic N) is 4. The number of amides is 1. The summed E-state index contributed by atoms with van der Waals surface area (Å²) in [7, 11) is 2.07. The zero-order valence-corrected chi connectivity index (χ0v) is 14.6. The SMILES string of the molecule is Cc1nc(N)ccc1Oc1ccnc(CC(=O)N2CCN(C)CC2)c1. The Kier molecular flexibility index (Phi) is 5.14. The standard InChI is InChI=1S/C18H23N5O2/c1-13-16(3-4-17(19)21-13)25-15-5-6-20-14(11-15)12-18(24)23-9-7-22(2)8-10-23/h3-6,11H,7-10,12H2,1-2H3,(H2,19,21). The van der Waals surface area contributed by atoms with Crippen LogP contribution < -0.4 is 10.5 Å². The van der Waals surface area contributed by atoms with Crippen molar-refractivity contribution in [2.24, 2.45) is 0 Å². The van der Waals surface area contributed by atoms with Gasteiger partial charge in [0.15, 0.2) is 0 Å². The summed E-state index contributed by atoms with van der Waals surface area (Å²) in [4.78, 5) is 25.0. The number of likely N-dealkylation sites (N-methyl/N-ethyl adjacent to an activating group) is 1. The molecule has 0 atom stereocenters. The second-order valence-electron chi connectivity index (χ2n) is 6.27. The van der Waals surface area contributed by atoms with E-state index in [9.17, 15) is 4.79 Å². The van der Waals surface area contributed by atoms with E-state index in [-0.39, 0.29) is 12.3 Å². The van der Waals surface area contributed by atoms with Crippen LogP contribution in [0.2, 0.25) is 0 Å².